The van der Waals surface area contributed by atoms with Gasteiger partial charge in [0.15, 0.2) is 0 Å². The molecule has 0 saturated heterocycles. The molecule has 4 heteroatoms. The molecule has 1 aromatic carbocycles. The van der Waals surface area contributed by atoms with Crippen LogP contribution in [0, 0.1) is 6.92 Å². The minimum atomic E-state index is 0.179. The first-order chi connectivity index (χ1) is 7.72. The van der Waals surface area contributed by atoms with E-state index in [9.17, 15) is 0 Å². The highest BCUT2D eigenvalue weighted by molar-refractivity contribution is 9.10. The Hall–Kier alpha value is -0.710. The van der Waals surface area contributed by atoms with E-state index < -0.39 is 0 Å². The summed E-state index contributed by atoms with van der Waals surface area (Å²) in [6.07, 6.45) is 0.688. The number of halogens is 1. The number of benzene rings is 1. The van der Waals surface area contributed by atoms with E-state index in [1.54, 1.807) is 11.3 Å². The molecule has 0 spiro atoms. The molecule has 0 aliphatic heterocycles. The minimum absolute atomic E-state index is 0.179. The molecule has 2 rings (SSSR count). The summed E-state index contributed by atoms with van der Waals surface area (Å²) < 4.78 is 1.05. The van der Waals surface area contributed by atoms with E-state index in [-0.39, 0.29) is 6.61 Å². The van der Waals surface area contributed by atoms with Crippen molar-refractivity contribution in [2.24, 2.45) is 0 Å². The van der Waals surface area contributed by atoms with Gasteiger partial charge in [0.05, 0.1) is 5.69 Å². The van der Waals surface area contributed by atoms with Crippen molar-refractivity contribution >= 4 is 27.3 Å². The van der Waals surface area contributed by atoms with Crippen LogP contribution in [-0.2, 0) is 6.42 Å². The summed E-state index contributed by atoms with van der Waals surface area (Å²) in [4.78, 5) is 5.70. The molecule has 1 aromatic heterocycles. The Bertz CT molecular complexity index is 496. The van der Waals surface area contributed by atoms with Crippen LogP contribution in [0.25, 0.3) is 10.6 Å². The van der Waals surface area contributed by atoms with E-state index in [2.05, 4.69) is 20.9 Å². The fraction of sp³-hybridized carbons (Fsp3) is 0.250. The lowest BCUT2D eigenvalue weighted by molar-refractivity contribution is 0.300. The zero-order chi connectivity index (χ0) is 11.5. The molecular weight excluding hydrogens is 286 g/mol. The van der Waals surface area contributed by atoms with E-state index in [0.717, 1.165) is 25.6 Å². The molecule has 0 bridgehead atoms. The fourth-order valence-corrected chi connectivity index (χ4v) is 3.21. The Kier molecular flexibility index (Phi) is 3.74. The topological polar surface area (TPSA) is 33.1 Å². The molecule has 0 fully saturated rings. The number of nitrogens with zero attached hydrogens (tertiary/aromatic N) is 1. The Morgan fingerprint density at radius 1 is 1.38 bits per heavy atom. The number of hydrogen-bond donors (Lipinski definition) is 1. The summed E-state index contributed by atoms with van der Waals surface area (Å²) in [5.41, 5.74) is 2.13. The summed E-state index contributed by atoms with van der Waals surface area (Å²) in [6.45, 7) is 2.17. The highest BCUT2D eigenvalue weighted by Crippen LogP contribution is 2.32. The van der Waals surface area contributed by atoms with Gasteiger partial charge in [-0.15, -0.1) is 11.3 Å². The predicted molar refractivity (Wildman–Crippen MR) is 70.8 cm³/mol. The normalized spacial score (nSPS) is 10.7. The lowest BCUT2D eigenvalue weighted by Crippen LogP contribution is -1.88. The van der Waals surface area contributed by atoms with E-state index in [1.807, 2.05) is 31.2 Å². The quantitative estimate of drug-likeness (QED) is 0.942. The van der Waals surface area contributed by atoms with Crippen molar-refractivity contribution < 1.29 is 5.11 Å². The number of rotatable bonds is 3. The van der Waals surface area contributed by atoms with Gasteiger partial charge in [-0.1, -0.05) is 34.1 Å². The number of aryl methyl sites for hydroxylation is 1. The predicted octanol–water partition coefficient (Wildman–Crippen LogP) is 3.42. The van der Waals surface area contributed by atoms with Crippen molar-refractivity contribution in [3.63, 3.8) is 0 Å². The first kappa shape index (κ1) is 11.8. The van der Waals surface area contributed by atoms with E-state index in [1.165, 1.54) is 0 Å². The highest BCUT2D eigenvalue weighted by Gasteiger charge is 2.10. The molecule has 84 valence electrons. The Balaban J connectivity index is 2.42. The summed E-state index contributed by atoms with van der Waals surface area (Å²) in [6, 6.07) is 8.05. The van der Waals surface area contributed by atoms with Crippen molar-refractivity contribution in [2.45, 2.75) is 13.3 Å². The molecule has 1 N–H and O–H groups in total. The summed E-state index contributed by atoms with van der Waals surface area (Å²) >= 11 is 5.17. The molecule has 0 radical (unpaired) electrons. The van der Waals surface area contributed by atoms with Crippen LogP contribution >= 0.6 is 27.3 Å². The van der Waals surface area contributed by atoms with Gasteiger partial charge in [-0.3, -0.25) is 0 Å². The monoisotopic (exact) mass is 297 g/mol. The van der Waals surface area contributed by atoms with Gasteiger partial charge >= 0.3 is 0 Å². The van der Waals surface area contributed by atoms with Crippen molar-refractivity contribution in [3.8, 4) is 10.6 Å². The summed E-state index contributed by atoms with van der Waals surface area (Å²) in [5.74, 6) is 0. The maximum atomic E-state index is 8.95. The molecule has 2 nitrogen and oxygen atoms in total. The number of aromatic nitrogens is 1. The molecule has 16 heavy (non-hydrogen) atoms. The first-order valence-corrected chi connectivity index (χ1v) is 6.65. The molecule has 0 saturated carbocycles. The van der Waals surface area contributed by atoms with Crippen LogP contribution < -0.4 is 0 Å². The van der Waals surface area contributed by atoms with Crippen LogP contribution in [0.5, 0.6) is 0 Å². The number of thiazole rings is 1. The first-order valence-electron chi connectivity index (χ1n) is 5.04. The highest BCUT2D eigenvalue weighted by atomic mass is 79.9. The number of aliphatic hydroxyl groups excluding tert-OH is 1. The lowest BCUT2D eigenvalue weighted by atomic mass is 10.2. The van der Waals surface area contributed by atoms with Gasteiger partial charge in [-0.2, -0.15) is 0 Å². The van der Waals surface area contributed by atoms with E-state index >= 15 is 0 Å². The van der Waals surface area contributed by atoms with Crippen molar-refractivity contribution in [1.29, 1.82) is 0 Å². The number of aliphatic hydroxyl groups is 1. The SMILES string of the molecule is Cc1nc(-c2ccccc2Br)sc1CCO. The van der Waals surface area contributed by atoms with Crippen LogP contribution in [0.1, 0.15) is 10.6 Å². The van der Waals surface area contributed by atoms with E-state index in [0.29, 0.717) is 6.42 Å². The second-order valence-electron chi connectivity index (χ2n) is 3.48. The largest absolute Gasteiger partial charge is 0.396 e. The van der Waals surface area contributed by atoms with Gasteiger partial charge in [0.2, 0.25) is 0 Å². The fourth-order valence-electron chi connectivity index (χ4n) is 1.51. The van der Waals surface area contributed by atoms with Gasteiger partial charge < -0.3 is 5.11 Å². The second kappa shape index (κ2) is 5.08. The van der Waals surface area contributed by atoms with Gasteiger partial charge in [0, 0.05) is 27.9 Å². The third kappa shape index (κ3) is 2.34. The van der Waals surface area contributed by atoms with Crippen LogP contribution in [-0.4, -0.2) is 16.7 Å². The zero-order valence-corrected chi connectivity index (χ0v) is 11.3. The van der Waals surface area contributed by atoms with E-state index in [4.69, 9.17) is 5.11 Å². The molecule has 1 heterocycles. The third-order valence-electron chi connectivity index (χ3n) is 2.34. The smallest absolute Gasteiger partial charge is 0.124 e. The Labute approximate surface area is 107 Å². The van der Waals surface area contributed by atoms with Crippen LogP contribution in [0.15, 0.2) is 28.7 Å². The van der Waals surface area contributed by atoms with Crippen molar-refractivity contribution in [3.05, 3.63) is 39.3 Å². The average Bonchev–Trinajstić information content (AvgIpc) is 2.61. The molecule has 0 aliphatic carbocycles. The zero-order valence-electron chi connectivity index (χ0n) is 8.90. The minimum Gasteiger partial charge on any atom is -0.396 e. The Morgan fingerprint density at radius 2 is 2.12 bits per heavy atom. The Morgan fingerprint density at radius 3 is 2.81 bits per heavy atom. The molecule has 0 unspecified atom stereocenters. The second-order valence-corrected chi connectivity index (χ2v) is 5.42. The summed E-state index contributed by atoms with van der Waals surface area (Å²) in [7, 11) is 0. The third-order valence-corrected chi connectivity index (χ3v) is 4.28. The molecular formula is C12H12BrNOS. The molecule has 0 aliphatic rings. The standard InChI is InChI=1S/C12H12BrNOS/c1-8-11(6-7-15)16-12(14-8)9-4-2-3-5-10(9)13/h2-5,15H,6-7H2,1H3. The van der Waals surface area contributed by atoms with Crippen LogP contribution in [0.4, 0.5) is 0 Å². The van der Waals surface area contributed by atoms with Crippen molar-refractivity contribution in [2.75, 3.05) is 6.61 Å². The van der Waals surface area contributed by atoms with Crippen molar-refractivity contribution in [1.82, 2.24) is 4.98 Å². The van der Waals surface area contributed by atoms with Gasteiger partial charge in [-0.05, 0) is 13.0 Å². The molecule has 0 atom stereocenters. The van der Waals surface area contributed by atoms with Crippen LogP contribution in [0.3, 0.4) is 0 Å². The number of hydrogen-bond acceptors (Lipinski definition) is 3. The average molecular weight is 298 g/mol. The molecule has 2 aromatic rings. The molecule has 0 amide bonds. The summed E-state index contributed by atoms with van der Waals surface area (Å²) in [5, 5.41) is 9.96. The lowest BCUT2D eigenvalue weighted by Gasteiger charge is -1.98. The van der Waals surface area contributed by atoms with Gasteiger partial charge in [0.25, 0.3) is 0 Å². The maximum absolute atomic E-state index is 8.95. The van der Waals surface area contributed by atoms with Crippen LogP contribution in [0.2, 0.25) is 0 Å². The van der Waals surface area contributed by atoms with Gasteiger partial charge in [0.1, 0.15) is 5.01 Å². The maximum Gasteiger partial charge on any atom is 0.124 e. The van der Waals surface area contributed by atoms with Gasteiger partial charge in [-0.25, -0.2) is 4.98 Å².